The van der Waals surface area contributed by atoms with Gasteiger partial charge >= 0.3 is 0 Å². The first-order valence-electron chi connectivity index (χ1n) is 5.52. The van der Waals surface area contributed by atoms with Gasteiger partial charge in [0.05, 0.1) is 5.69 Å². The van der Waals surface area contributed by atoms with E-state index in [0.29, 0.717) is 4.47 Å². The Morgan fingerprint density at radius 1 is 1.33 bits per heavy atom. The van der Waals surface area contributed by atoms with Crippen LogP contribution in [0.1, 0.15) is 26.2 Å². The average Bonchev–Trinajstić information content (AvgIpc) is 2.11. The molecule has 0 atom stereocenters. The second-order valence-electron chi connectivity index (χ2n) is 4.83. The molecule has 1 aromatic rings. The van der Waals surface area contributed by atoms with Crippen LogP contribution in [0.4, 0.5) is 5.69 Å². The molecule has 0 spiro atoms. The van der Waals surface area contributed by atoms with E-state index >= 15 is 0 Å². The molecular weight excluding hydrogens is 384 g/mol. The molecule has 0 heterocycles. The number of sulfonamides is 1. The average molecular weight is 398 g/mol. The Morgan fingerprint density at radius 2 is 1.94 bits per heavy atom. The maximum atomic E-state index is 12.4. The second kappa shape index (κ2) is 4.77. The van der Waals surface area contributed by atoms with Crippen molar-refractivity contribution < 1.29 is 8.42 Å². The molecule has 1 aliphatic rings. The lowest BCUT2D eigenvalue weighted by Crippen LogP contribution is -2.50. The van der Waals surface area contributed by atoms with Gasteiger partial charge in [0, 0.05) is 14.5 Å². The molecule has 1 fully saturated rings. The Hall–Kier alpha value is -0.110. The highest BCUT2D eigenvalue weighted by molar-refractivity contribution is 9.11. The summed E-state index contributed by atoms with van der Waals surface area (Å²) in [5.74, 6) is 0. The lowest BCUT2D eigenvalue weighted by molar-refractivity contribution is 0.248. The third-order valence-corrected chi connectivity index (χ3v) is 6.24. The molecular formula is C11H14Br2N2O2S. The lowest BCUT2D eigenvalue weighted by atomic mass is 9.80. The van der Waals surface area contributed by atoms with Gasteiger partial charge in [-0.2, -0.15) is 0 Å². The summed E-state index contributed by atoms with van der Waals surface area (Å²) < 4.78 is 28.6. The van der Waals surface area contributed by atoms with Crippen molar-refractivity contribution in [3.63, 3.8) is 0 Å². The van der Waals surface area contributed by atoms with Gasteiger partial charge in [-0.05, 0) is 54.2 Å². The van der Waals surface area contributed by atoms with E-state index in [1.807, 2.05) is 6.92 Å². The highest BCUT2D eigenvalue weighted by atomic mass is 79.9. The molecule has 3 N–H and O–H groups in total. The van der Waals surface area contributed by atoms with Crippen LogP contribution in [0.5, 0.6) is 0 Å². The van der Waals surface area contributed by atoms with E-state index in [-0.39, 0.29) is 16.1 Å². The first-order valence-corrected chi connectivity index (χ1v) is 8.59. The fourth-order valence-corrected chi connectivity index (χ4v) is 5.59. The van der Waals surface area contributed by atoms with Crippen LogP contribution in [0.3, 0.4) is 0 Å². The van der Waals surface area contributed by atoms with E-state index < -0.39 is 10.0 Å². The molecule has 1 aromatic carbocycles. The van der Waals surface area contributed by atoms with E-state index in [2.05, 4.69) is 36.6 Å². The third kappa shape index (κ3) is 2.74. The largest absolute Gasteiger partial charge is 0.398 e. The van der Waals surface area contributed by atoms with Crippen LogP contribution in [0.25, 0.3) is 0 Å². The molecule has 0 radical (unpaired) electrons. The van der Waals surface area contributed by atoms with Crippen molar-refractivity contribution in [2.75, 3.05) is 5.73 Å². The van der Waals surface area contributed by atoms with Crippen LogP contribution in [0.15, 0.2) is 26.0 Å². The van der Waals surface area contributed by atoms with Gasteiger partial charge in [-0.15, -0.1) is 0 Å². The molecule has 4 nitrogen and oxygen atoms in total. The predicted octanol–water partition coefficient (Wildman–Crippen LogP) is 3.01. The highest BCUT2D eigenvalue weighted by Crippen LogP contribution is 2.36. The molecule has 0 saturated heterocycles. The zero-order chi connectivity index (χ0) is 13.6. The van der Waals surface area contributed by atoms with E-state index in [0.717, 1.165) is 23.7 Å². The molecule has 100 valence electrons. The summed E-state index contributed by atoms with van der Waals surface area (Å²) in [6, 6.07) is 3.26. The maximum Gasteiger partial charge on any atom is 0.244 e. The smallest absolute Gasteiger partial charge is 0.244 e. The Kier molecular flexibility index (Phi) is 3.79. The van der Waals surface area contributed by atoms with E-state index in [9.17, 15) is 8.42 Å². The quantitative estimate of drug-likeness (QED) is 0.770. The van der Waals surface area contributed by atoms with Crippen LogP contribution < -0.4 is 10.5 Å². The number of nitrogen functional groups attached to an aromatic ring is 1. The normalized spacial score (nSPS) is 18.4. The van der Waals surface area contributed by atoms with Gasteiger partial charge in [-0.1, -0.05) is 15.9 Å². The summed E-state index contributed by atoms with van der Waals surface area (Å²) in [5.41, 5.74) is 5.70. The number of nitrogens with two attached hydrogens (primary N) is 1. The van der Waals surface area contributed by atoms with Gasteiger partial charge in [0.2, 0.25) is 10.0 Å². The number of hydrogen-bond acceptors (Lipinski definition) is 3. The zero-order valence-electron chi connectivity index (χ0n) is 9.83. The van der Waals surface area contributed by atoms with Crippen molar-refractivity contribution in [2.24, 2.45) is 0 Å². The van der Waals surface area contributed by atoms with E-state index in [4.69, 9.17) is 5.73 Å². The number of rotatable bonds is 3. The van der Waals surface area contributed by atoms with Crippen molar-refractivity contribution in [1.29, 1.82) is 0 Å². The van der Waals surface area contributed by atoms with Gasteiger partial charge < -0.3 is 5.73 Å². The molecule has 0 unspecified atom stereocenters. The molecule has 7 heteroatoms. The monoisotopic (exact) mass is 396 g/mol. The zero-order valence-corrected chi connectivity index (χ0v) is 13.8. The van der Waals surface area contributed by atoms with Crippen LogP contribution in [0, 0.1) is 0 Å². The van der Waals surface area contributed by atoms with E-state index in [1.54, 1.807) is 12.1 Å². The van der Waals surface area contributed by atoms with Crippen molar-refractivity contribution in [3.8, 4) is 0 Å². The van der Waals surface area contributed by atoms with Crippen molar-refractivity contribution >= 4 is 47.6 Å². The van der Waals surface area contributed by atoms with Crippen molar-refractivity contribution in [2.45, 2.75) is 36.6 Å². The van der Waals surface area contributed by atoms with Crippen LogP contribution in [0.2, 0.25) is 0 Å². The van der Waals surface area contributed by atoms with Gasteiger partial charge in [-0.3, -0.25) is 0 Å². The number of benzene rings is 1. The summed E-state index contributed by atoms with van der Waals surface area (Å²) in [4.78, 5) is 0.110. The Morgan fingerprint density at radius 3 is 2.39 bits per heavy atom. The fraction of sp³-hybridized carbons (Fsp3) is 0.455. The minimum absolute atomic E-state index is 0.110. The van der Waals surface area contributed by atoms with Crippen LogP contribution >= 0.6 is 31.9 Å². The van der Waals surface area contributed by atoms with E-state index in [1.165, 1.54) is 0 Å². The summed E-state index contributed by atoms with van der Waals surface area (Å²) in [7, 11) is -3.60. The summed E-state index contributed by atoms with van der Waals surface area (Å²) >= 11 is 6.53. The standard InChI is InChI=1S/C11H14Br2N2O2S/c1-11(3-2-4-11)15-18(16,17)10-8(13)5-7(12)6-9(10)14/h5-6,15H,2-4,14H2,1H3. The molecule has 1 saturated carbocycles. The summed E-state index contributed by atoms with van der Waals surface area (Å²) in [6.45, 7) is 1.91. The third-order valence-electron chi connectivity index (χ3n) is 3.14. The number of hydrogen-bond donors (Lipinski definition) is 2. The second-order valence-corrected chi connectivity index (χ2v) is 8.21. The fourth-order valence-electron chi connectivity index (χ4n) is 2.05. The molecule has 0 bridgehead atoms. The highest BCUT2D eigenvalue weighted by Gasteiger charge is 2.37. The van der Waals surface area contributed by atoms with Crippen LogP contribution in [-0.4, -0.2) is 14.0 Å². The first-order chi connectivity index (χ1) is 8.23. The predicted molar refractivity (Wildman–Crippen MR) is 78.8 cm³/mol. The minimum Gasteiger partial charge on any atom is -0.398 e. The molecule has 0 amide bonds. The number of nitrogens with one attached hydrogen (secondary N) is 1. The van der Waals surface area contributed by atoms with Crippen molar-refractivity contribution in [3.05, 3.63) is 21.1 Å². The van der Waals surface area contributed by atoms with Gasteiger partial charge in [0.1, 0.15) is 4.90 Å². The SMILES string of the molecule is CC1(NS(=O)(=O)c2c(N)cc(Br)cc2Br)CCC1. The summed E-state index contributed by atoms with van der Waals surface area (Å²) in [6.07, 6.45) is 2.77. The molecule has 18 heavy (non-hydrogen) atoms. The Balaban J connectivity index is 2.41. The summed E-state index contributed by atoms with van der Waals surface area (Å²) in [5, 5.41) is 0. The first kappa shape index (κ1) is 14.3. The topological polar surface area (TPSA) is 72.2 Å². The van der Waals surface area contributed by atoms with Crippen molar-refractivity contribution in [1.82, 2.24) is 4.72 Å². The van der Waals surface area contributed by atoms with Gasteiger partial charge in [-0.25, -0.2) is 13.1 Å². The van der Waals surface area contributed by atoms with Crippen LogP contribution in [-0.2, 0) is 10.0 Å². The van der Waals surface area contributed by atoms with Gasteiger partial charge in [0.15, 0.2) is 0 Å². The minimum atomic E-state index is -3.60. The Labute approximate surface area is 124 Å². The molecule has 1 aliphatic carbocycles. The molecule has 0 aliphatic heterocycles. The number of anilines is 1. The molecule has 0 aromatic heterocycles. The lowest BCUT2D eigenvalue weighted by Gasteiger charge is -2.38. The molecule has 2 rings (SSSR count). The Bertz CT molecular complexity index is 560. The van der Waals surface area contributed by atoms with Gasteiger partial charge in [0.25, 0.3) is 0 Å². The maximum absolute atomic E-state index is 12.4. The number of halogens is 2.